The van der Waals surface area contributed by atoms with E-state index in [9.17, 15) is 4.79 Å². The van der Waals surface area contributed by atoms with Gasteiger partial charge in [-0.1, -0.05) is 23.7 Å². The SMILES string of the molecule is Nc1ccc(Cl)cc1Cn1cnc2ccccc2c1=O. The minimum absolute atomic E-state index is 0.0880. The zero-order valence-electron chi connectivity index (χ0n) is 10.6. The smallest absolute Gasteiger partial charge is 0.261 e. The van der Waals surface area contributed by atoms with Crippen molar-refractivity contribution in [1.29, 1.82) is 0 Å². The number of para-hydroxylation sites is 1. The van der Waals surface area contributed by atoms with Gasteiger partial charge in [-0.05, 0) is 35.9 Å². The van der Waals surface area contributed by atoms with Crippen LogP contribution >= 0.6 is 11.6 Å². The highest BCUT2D eigenvalue weighted by atomic mass is 35.5. The molecule has 5 heteroatoms. The molecule has 0 aliphatic heterocycles. The molecule has 0 aliphatic carbocycles. The second-order valence-corrected chi connectivity index (χ2v) is 4.97. The van der Waals surface area contributed by atoms with E-state index in [1.807, 2.05) is 18.2 Å². The summed E-state index contributed by atoms with van der Waals surface area (Å²) in [5.41, 5.74) is 7.91. The molecule has 3 aromatic rings. The summed E-state index contributed by atoms with van der Waals surface area (Å²) in [6.07, 6.45) is 1.53. The molecule has 0 aliphatic rings. The van der Waals surface area contributed by atoms with Crippen LogP contribution < -0.4 is 11.3 Å². The molecule has 3 rings (SSSR count). The summed E-state index contributed by atoms with van der Waals surface area (Å²) < 4.78 is 1.53. The third-order valence-corrected chi connectivity index (χ3v) is 3.41. The highest BCUT2D eigenvalue weighted by molar-refractivity contribution is 6.30. The first-order valence-corrected chi connectivity index (χ1v) is 6.51. The number of hydrogen-bond donors (Lipinski definition) is 1. The van der Waals surface area contributed by atoms with Crippen molar-refractivity contribution >= 4 is 28.2 Å². The summed E-state index contributed by atoms with van der Waals surface area (Å²) in [5, 5.41) is 1.19. The summed E-state index contributed by atoms with van der Waals surface area (Å²) in [4.78, 5) is 16.7. The topological polar surface area (TPSA) is 60.9 Å². The first-order valence-electron chi connectivity index (χ1n) is 6.13. The lowest BCUT2D eigenvalue weighted by Gasteiger charge is -2.09. The number of hydrogen-bond acceptors (Lipinski definition) is 3. The third kappa shape index (κ3) is 2.26. The number of anilines is 1. The number of nitrogens with zero attached hydrogens (tertiary/aromatic N) is 2. The van der Waals surface area contributed by atoms with Crippen molar-refractivity contribution in [2.75, 3.05) is 5.73 Å². The fraction of sp³-hybridized carbons (Fsp3) is 0.0667. The Morgan fingerprint density at radius 3 is 2.85 bits per heavy atom. The van der Waals surface area contributed by atoms with Crippen molar-refractivity contribution in [3.8, 4) is 0 Å². The lowest BCUT2D eigenvalue weighted by Crippen LogP contribution is -2.21. The highest BCUT2D eigenvalue weighted by Gasteiger charge is 2.06. The molecule has 0 saturated heterocycles. The van der Waals surface area contributed by atoms with E-state index in [-0.39, 0.29) is 5.56 Å². The van der Waals surface area contributed by atoms with Crippen LogP contribution in [0.3, 0.4) is 0 Å². The Kier molecular flexibility index (Phi) is 3.16. The predicted molar refractivity (Wildman–Crippen MR) is 81.0 cm³/mol. The van der Waals surface area contributed by atoms with E-state index >= 15 is 0 Å². The number of benzene rings is 2. The Morgan fingerprint density at radius 2 is 2.00 bits per heavy atom. The average molecular weight is 286 g/mol. The fourth-order valence-electron chi connectivity index (χ4n) is 2.11. The Balaban J connectivity index is 2.09. The van der Waals surface area contributed by atoms with Crippen LogP contribution in [0.4, 0.5) is 5.69 Å². The van der Waals surface area contributed by atoms with Gasteiger partial charge in [-0.3, -0.25) is 9.36 Å². The van der Waals surface area contributed by atoms with E-state index in [0.717, 1.165) is 5.56 Å². The largest absolute Gasteiger partial charge is 0.398 e. The zero-order valence-corrected chi connectivity index (χ0v) is 11.3. The number of nitrogens with two attached hydrogens (primary N) is 1. The quantitative estimate of drug-likeness (QED) is 0.737. The number of nitrogen functional groups attached to an aromatic ring is 1. The molecule has 2 aromatic carbocycles. The van der Waals surface area contributed by atoms with Crippen LogP contribution in [0.1, 0.15) is 5.56 Å². The van der Waals surface area contributed by atoms with Crippen LogP contribution in [-0.4, -0.2) is 9.55 Å². The monoisotopic (exact) mass is 285 g/mol. The summed E-state index contributed by atoms with van der Waals surface area (Å²) >= 11 is 5.96. The molecule has 100 valence electrons. The average Bonchev–Trinajstić information content (AvgIpc) is 2.46. The van der Waals surface area contributed by atoms with Crippen molar-refractivity contribution in [2.45, 2.75) is 6.54 Å². The highest BCUT2D eigenvalue weighted by Crippen LogP contribution is 2.18. The minimum atomic E-state index is -0.0880. The standard InChI is InChI=1S/C15H12ClN3O/c16-11-5-6-13(17)10(7-11)8-19-9-18-14-4-2-1-3-12(14)15(19)20/h1-7,9H,8,17H2. The molecule has 0 atom stereocenters. The molecular formula is C15H12ClN3O. The molecule has 2 N–H and O–H groups in total. The maximum absolute atomic E-state index is 12.4. The lowest BCUT2D eigenvalue weighted by molar-refractivity contribution is 0.750. The number of fused-ring (bicyclic) bond motifs is 1. The van der Waals surface area contributed by atoms with Gasteiger partial charge in [-0.2, -0.15) is 0 Å². The Morgan fingerprint density at radius 1 is 1.20 bits per heavy atom. The Hall–Kier alpha value is -2.33. The second kappa shape index (κ2) is 4.98. The van der Waals surface area contributed by atoms with Gasteiger partial charge in [-0.15, -0.1) is 0 Å². The van der Waals surface area contributed by atoms with Gasteiger partial charge in [0.2, 0.25) is 0 Å². The molecule has 0 bridgehead atoms. The summed E-state index contributed by atoms with van der Waals surface area (Å²) in [5.74, 6) is 0. The number of rotatable bonds is 2. The zero-order chi connectivity index (χ0) is 14.1. The van der Waals surface area contributed by atoms with E-state index in [0.29, 0.717) is 28.2 Å². The van der Waals surface area contributed by atoms with Crippen LogP contribution in [0, 0.1) is 0 Å². The van der Waals surface area contributed by atoms with Gasteiger partial charge in [0.05, 0.1) is 23.8 Å². The molecule has 0 radical (unpaired) electrons. The van der Waals surface area contributed by atoms with Crippen LogP contribution in [0.15, 0.2) is 53.6 Å². The van der Waals surface area contributed by atoms with E-state index in [1.165, 1.54) is 10.9 Å². The lowest BCUT2D eigenvalue weighted by atomic mass is 10.2. The van der Waals surface area contributed by atoms with Crippen molar-refractivity contribution < 1.29 is 0 Å². The van der Waals surface area contributed by atoms with E-state index < -0.39 is 0 Å². The van der Waals surface area contributed by atoms with E-state index in [1.54, 1.807) is 24.3 Å². The van der Waals surface area contributed by atoms with E-state index in [2.05, 4.69) is 4.98 Å². The van der Waals surface area contributed by atoms with Crippen molar-refractivity contribution in [3.63, 3.8) is 0 Å². The number of aromatic nitrogens is 2. The normalized spacial score (nSPS) is 10.8. The van der Waals surface area contributed by atoms with Gasteiger partial charge in [0.25, 0.3) is 5.56 Å². The molecule has 0 fully saturated rings. The van der Waals surface area contributed by atoms with Gasteiger partial charge >= 0.3 is 0 Å². The van der Waals surface area contributed by atoms with Gasteiger partial charge in [0, 0.05) is 10.7 Å². The maximum Gasteiger partial charge on any atom is 0.261 e. The van der Waals surface area contributed by atoms with Crippen LogP contribution in [0.25, 0.3) is 10.9 Å². The van der Waals surface area contributed by atoms with Crippen molar-refractivity contribution in [1.82, 2.24) is 9.55 Å². The van der Waals surface area contributed by atoms with Crippen LogP contribution in [0.5, 0.6) is 0 Å². The van der Waals surface area contributed by atoms with Crippen molar-refractivity contribution in [3.05, 3.63) is 69.7 Å². The van der Waals surface area contributed by atoms with Crippen LogP contribution in [-0.2, 0) is 6.54 Å². The molecule has 0 saturated carbocycles. The Labute approximate surface area is 120 Å². The molecular weight excluding hydrogens is 274 g/mol. The fourth-order valence-corrected chi connectivity index (χ4v) is 2.31. The third-order valence-electron chi connectivity index (χ3n) is 3.18. The van der Waals surface area contributed by atoms with Gasteiger partial charge in [-0.25, -0.2) is 4.98 Å². The molecule has 1 heterocycles. The first-order chi connectivity index (χ1) is 9.65. The number of halogens is 1. The molecule has 0 unspecified atom stereocenters. The van der Waals surface area contributed by atoms with Crippen molar-refractivity contribution in [2.24, 2.45) is 0 Å². The predicted octanol–water partition coefficient (Wildman–Crippen LogP) is 2.68. The second-order valence-electron chi connectivity index (χ2n) is 4.54. The maximum atomic E-state index is 12.4. The summed E-state index contributed by atoms with van der Waals surface area (Å²) in [6.45, 7) is 0.350. The van der Waals surface area contributed by atoms with E-state index in [4.69, 9.17) is 17.3 Å². The Bertz CT molecular complexity index is 842. The molecule has 20 heavy (non-hydrogen) atoms. The van der Waals surface area contributed by atoms with Crippen LogP contribution in [0.2, 0.25) is 5.02 Å². The summed E-state index contributed by atoms with van der Waals surface area (Å²) in [6, 6.07) is 12.5. The summed E-state index contributed by atoms with van der Waals surface area (Å²) in [7, 11) is 0. The van der Waals surface area contributed by atoms with Gasteiger partial charge < -0.3 is 5.73 Å². The minimum Gasteiger partial charge on any atom is -0.398 e. The van der Waals surface area contributed by atoms with Gasteiger partial charge in [0.15, 0.2) is 0 Å². The molecule has 1 aromatic heterocycles. The molecule has 4 nitrogen and oxygen atoms in total. The molecule has 0 spiro atoms. The first kappa shape index (κ1) is 12.7. The van der Waals surface area contributed by atoms with Gasteiger partial charge in [0.1, 0.15) is 0 Å². The molecule has 0 amide bonds.